The number of fused-ring (bicyclic) bond motifs is 2. The van der Waals surface area contributed by atoms with Crippen LogP contribution in [0.5, 0.6) is 0 Å². The van der Waals surface area contributed by atoms with Gasteiger partial charge in [-0.25, -0.2) is 9.97 Å². The van der Waals surface area contributed by atoms with Crippen molar-refractivity contribution in [1.29, 1.82) is 0 Å². The van der Waals surface area contributed by atoms with Gasteiger partial charge in [0.1, 0.15) is 5.52 Å². The van der Waals surface area contributed by atoms with E-state index in [1.54, 1.807) is 0 Å². The highest BCUT2D eigenvalue weighted by atomic mass is 16.3. The number of aromatic nitrogens is 2. The average Bonchev–Trinajstić information content (AvgIpc) is 3.68. The molecule has 0 aliphatic heterocycles. The number of oxazole rings is 1. The van der Waals surface area contributed by atoms with E-state index in [-0.39, 0.29) is 0 Å². The van der Waals surface area contributed by atoms with Gasteiger partial charge in [-0.3, -0.25) is 0 Å². The fourth-order valence-electron chi connectivity index (χ4n) is 6.86. The quantitative estimate of drug-likeness (QED) is 0.184. The summed E-state index contributed by atoms with van der Waals surface area (Å²) in [6.45, 7) is 0. The first-order valence-corrected chi connectivity index (χ1v) is 16.5. The van der Waals surface area contributed by atoms with Crippen LogP contribution in [-0.2, 0) is 0 Å². The summed E-state index contributed by atoms with van der Waals surface area (Å²) in [5, 5.41) is 2.41. The van der Waals surface area contributed by atoms with E-state index in [4.69, 9.17) is 9.40 Å². The number of benzene rings is 7. The molecule has 0 unspecified atom stereocenters. The van der Waals surface area contributed by atoms with Crippen LogP contribution in [0, 0.1) is 0 Å². The van der Waals surface area contributed by atoms with E-state index in [0.29, 0.717) is 0 Å². The first-order valence-electron chi connectivity index (χ1n) is 16.5. The molecule has 0 aliphatic carbocycles. The highest BCUT2D eigenvalue weighted by Gasteiger charge is 2.16. The molecular weight excluding hydrogens is 597 g/mol. The van der Waals surface area contributed by atoms with Crippen LogP contribution in [0.2, 0.25) is 0 Å². The van der Waals surface area contributed by atoms with Crippen LogP contribution < -0.4 is 0 Å². The van der Waals surface area contributed by atoms with E-state index in [9.17, 15) is 0 Å². The predicted molar refractivity (Wildman–Crippen MR) is 202 cm³/mol. The van der Waals surface area contributed by atoms with Crippen molar-refractivity contribution in [3.8, 4) is 67.0 Å². The van der Waals surface area contributed by atoms with E-state index in [1.165, 1.54) is 28.3 Å². The zero-order valence-corrected chi connectivity index (χ0v) is 26.6. The van der Waals surface area contributed by atoms with Gasteiger partial charge in [0.05, 0.1) is 11.4 Å². The highest BCUT2D eigenvalue weighted by Crippen LogP contribution is 2.41. The molecule has 0 bridgehead atoms. The number of hydrogen-bond donors (Lipinski definition) is 0. The number of pyridine rings is 1. The summed E-state index contributed by atoms with van der Waals surface area (Å²) in [4.78, 5) is 9.75. The van der Waals surface area contributed by atoms with Crippen molar-refractivity contribution >= 4 is 21.9 Å². The molecule has 0 amide bonds. The summed E-state index contributed by atoms with van der Waals surface area (Å²) in [6.07, 6.45) is 1.51. The van der Waals surface area contributed by atoms with Gasteiger partial charge in [-0.1, -0.05) is 146 Å². The van der Waals surface area contributed by atoms with Crippen molar-refractivity contribution < 1.29 is 4.42 Å². The standard InChI is InChI=1S/C46H30N2O/c1-3-12-31(13-4-1)38-28-42(33-15-5-2-6-16-33)48-43(29-38)36-19-10-20-37(27-36)45-39-21-8-7-14-32(39)24-25-40(45)34-17-9-18-35(26-34)41-22-11-23-44-46(41)47-30-49-44/h1-30H. The van der Waals surface area contributed by atoms with Gasteiger partial charge in [0.2, 0.25) is 0 Å². The Labute approximate surface area is 284 Å². The van der Waals surface area contributed by atoms with Gasteiger partial charge in [-0.05, 0) is 80.0 Å². The molecule has 7 aromatic carbocycles. The Morgan fingerprint density at radius 1 is 0.388 bits per heavy atom. The molecule has 0 radical (unpaired) electrons. The van der Waals surface area contributed by atoms with Crippen LogP contribution in [0.25, 0.3) is 88.9 Å². The lowest BCUT2D eigenvalue weighted by Gasteiger charge is -2.16. The summed E-state index contributed by atoms with van der Waals surface area (Å²) in [5.41, 5.74) is 14.8. The van der Waals surface area contributed by atoms with Crippen LogP contribution in [0.15, 0.2) is 187 Å². The monoisotopic (exact) mass is 626 g/mol. The third kappa shape index (κ3) is 5.38. The second-order valence-corrected chi connectivity index (χ2v) is 12.2. The lowest BCUT2D eigenvalue weighted by molar-refractivity contribution is 0.602. The summed E-state index contributed by atoms with van der Waals surface area (Å²) in [6, 6.07) is 62.1. The van der Waals surface area contributed by atoms with Crippen molar-refractivity contribution in [2.45, 2.75) is 0 Å². The summed E-state index contributed by atoms with van der Waals surface area (Å²) >= 11 is 0. The van der Waals surface area contributed by atoms with Gasteiger partial charge in [-0.15, -0.1) is 0 Å². The van der Waals surface area contributed by atoms with Crippen LogP contribution in [0.1, 0.15) is 0 Å². The van der Waals surface area contributed by atoms with Gasteiger partial charge < -0.3 is 4.42 Å². The molecule has 0 aliphatic rings. The van der Waals surface area contributed by atoms with E-state index < -0.39 is 0 Å². The number of para-hydroxylation sites is 1. The van der Waals surface area contributed by atoms with Crippen molar-refractivity contribution in [2.24, 2.45) is 0 Å². The largest absolute Gasteiger partial charge is 0.443 e. The second kappa shape index (κ2) is 12.2. The van der Waals surface area contributed by atoms with Crippen molar-refractivity contribution in [2.75, 3.05) is 0 Å². The van der Waals surface area contributed by atoms with Crippen molar-refractivity contribution in [1.82, 2.24) is 9.97 Å². The third-order valence-electron chi connectivity index (χ3n) is 9.22. The molecule has 3 nitrogen and oxygen atoms in total. The maximum Gasteiger partial charge on any atom is 0.182 e. The SMILES string of the molecule is c1ccc(-c2cc(-c3ccccc3)nc(-c3cccc(-c4c(-c5cccc(-c6cccc7ocnc67)c5)ccc5ccccc45)c3)c2)cc1. The summed E-state index contributed by atoms with van der Waals surface area (Å²) < 4.78 is 5.62. The Kier molecular flexibility index (Phi) is 7.14. The fourth-order valence-corrected chi connectivity index (χ4v) is 6.86. The van der Waals surface area contributed by atoms with E-state index >= 15 is 0 Å². The first kappa shape index (κ1) is 28.6. The summed E-state index contributed by atoms with van der Waals surface area (Å²) in [7, 11) is 0. The Bertz CT molecular complexity index is 2550. The normalized spacial score (nSPS) is 11.3. The fraction of sp³-hybridized carbons (Fsp3) is 0. The molecule has 0 saturated carbocycles. The maximum atomic E-state index is 5.62. The molecule has 0 fully saturated rings. The number of hydrogen-bond acceptors (Lipinski definition) is 3. The zero-order valence-electron chi connectivity index (χ0n) is 26.6. The lowest BCUT2D eigenvalue weighted by atomic mass is 9.88. The van der Waals surface area contributed by atoms with Gasteiger partial charge in [0, 0.05) is 16.7 Å². The molecule has 230 valence electrons. The molecular formula is C46H30N2O. The Morgan fingerprint density at radius 3 is 1.82 bits per heavy atom. The van der Waals surface area contributed by atoms with Crippen LogP contribution >= 0.6 is 0 Å². The second-order valence-electron chi connectivity index (χ2n) is 12.2. The molecule has 2 heterocycles. The zero-order chi connectivity index (χ0) is 32.6. The van der Waals surface area contributed by atoms with Crippen molar-refractivity contribution in [3.05, 3.63) is 182 Å². The van der Waals surface area contributed by atoms with Crippen LogP contribution in [-0.4, -0.2) is 9.97 Å². The smallest absolute Gasteiger partial charge is 0.182 e. The van der Waals surface area contributed by atoms with Crippen molar-refractivity contribution in [3.63, 3.8) is 0 Å². The van der Waals surface area contributed by atoms with E-state index in [0.717, 1.165) is 67.0 Å². The molecule has 0 spiro atoms. The third-order valence-corrected chi connectivity index (χ3v) is 9.22. The van der Waals surface area contributed by atoms with E-state index in [2.05, 4.69) is 163 Å². The van der Waals surface area contributed by atoms with Gasteiger partial charge in [0.25, 0.3) is 0 Å². The van der Waals surface area contributed by atoms with E-state index in [1.807, 2.05) is 18.2 Å². The number of nitrogens with zero attached hydrogens (tertiary/aromatic N) is 2. The first-order chi connectivity index (χ1) is 24.3. The molecule has 49 heavy (non-hydrogen) atoms. The topological polar surface area (TPSA) is 38.9 Å². The predicted octanol–water partition coefficient (Wildman–Crippen LogP) is 12.4. The minimum atomic E-state index is 0.784. The lowest BCUT2D eigenvalue weighted by Crippen LogP contribution is -1.93. The van der Waals surface area contributed by atoms with Gasteiger partial charge >= 0.3 is 0 Å². The van der Waals surface area contributed by atoms with Gasteiger partial charge in [0.15, 0.2) is 12.0 Å². The maximum absolute atomic E-state index is 5.62. The molecule has 9 rings (SSSR count). The van der Waals surface area contributed by atoms with Crippen LogP contribution in [0.3, 0.4) is 0 Å². The van der Waals surface area contributed by atoms with Gasteiger partial charge in [-0.2, -0.15) is 0 Å². The Hall–Kier alpha value is -6.58. The Morgan fingerprint density at radius 2 is 1.00 bits per heavy atom. The summed E-state index contributed by atoms with van der Waals surface area (Å²) in [5.74, 6) is 0. The molecule has 0 N–H and O–H groups in total. The molecule has 3 heteroatoms. The minimum Gasteiger partial charge on any atom is -0.443 e. The minimum absolute atomic E-state index is 0.784. The number of rotatable bonds is 6. The average molecular weight is 627 g/mol. The Balaban J connectivity index is 1.22. The molecule has 0 atom stereocenters. The molecule has 0 saturated heterocycles. The van der Waals surface area contributed by atoms with Crippen LogP contribution in [0.4, 0.5) is 0 Å². The highest BCUT2D eigenvalue weighted by molar-refractivity contribution is 6.05. The molecule has 2 aromatic heterocycles. The molecule has 9 aromatic rings.